The maximum Gasteiger partial charge on any atom is 0.253 e. The van der Waals surface area contributed by atoms with E-state index in [0.717, 1.165) is 48.6 Å². The summed E-state index contributed by atoms with van der Waals surface area (Å²) in [6, 6.07) is 13.3. The van der Waals surface area contributed by atoms with Crippen molar-refractivity contribution >= 4 is 11.8 Å². The standard InChI is InChI=1S/C23H29N3O3/c1-17-4-5-19(14-21(17)29-3)15-22(27)24-16-18-6-8-20(9-7-18)23(28)26-12-10-25(2)11-13-26/h4-9,14H,10-13,15-16H2,1-3H3,(H,24,27). The van der Waals surface area contributed by atoms with Crippen LogP contribution < -0.4 is 10.1 Å². The Hall–Kier alpha value is -2.86. The first-order chi connectivity index (χ1) is 14.0. The maximum absolute atomic E-state index is 12.6. The van der Waals surface area contributed by atoms with Gasteiger partial charge in [-0.05, 0) is 48.9 Å². The minimum absolute atomic E-state index is 0.0477. The van der Waals surface area contributed by atoms with Crippen LogP contribution in [0.25, 0.3) is 0 Å². The molecule has 2 amide bonds. The summed E-state index contributed by atoms with van der Waals surface area (Å²) in [5.74, 6) is 0.811. The van der Waals surface area contributed by atoms with Crippen LogP contribution in [0.4, 0.5) is 0 Å². The Balaban J connectivity index is 1.51. The first kappa shape index (κ1) is 20.9. The third-order valence-electron chi connectivity index (χ3n) is 5.32. The molecular formula is C23H29N3O3. The summed E-state index contributed by atoms with van der Waals surface area (Å²) < 4.78 is 5.31. The van der Waals surface area contributed by atoms with Crippen LogP contribution in [-0.4, -0.2) is 62.0 Å². The lowest BCUT2D eigenvalue weighted by molar-refractivity contribution is -0.120. The largest absolute Gasteiger partial charge is 0.496 e. The van der Waals surface area contributed by atoms with Crippen LogP contribution in [0.5, 0.6) is 5.75 Å². The van der Waals surface area contributed by atoms with Crippen molar-refractivity contribution in [2.75, 3.05) is 40.3 Å². The maximum atomic E-state index is 12.6. The molecule has 0 saturated carbocycles. The van der Waals surface area contributed by atoms with Crippen LogP contribution in [0.2, 0.25) is 0 Å². The quantitative estimate of drug-likeness (QED) is 0.815. The Labute approximate surface area is 172 Å². The van der Waals surface area contributed by atoms with Gasteiger partial charge in [-0.1, -0.05) is 24.3 Å². The van der Waals surface area contributed by atoms with E-state index in [1.54, 1.807) is 7.11 Å². The molecule has 0 aliphatic carbocycles. The lowest BCUT2D eigenvalue weighted by Gasteiger charge is -2.32. The van der Waals surface area contributed by atoms with Crippen molar-refractivity contribution in [3.63, 3.8) is 0 Å². The number of hydrogen-bond acceptors (Lipinski definition) is 4. The highest BCUT2D eigenvalue weighted by Gasteiger charge is 2.20. The van der Waals surface area contributed by atoms with Crippen LogP contribution in [-0.2, 0) is 17.8 Å². The molecule has 3 rings (SSSR count). The number of carbonyl (C=O) groups is 2. The van der Waals surface area contributed by atoms with E-state index in [-0.39, 0.29) is 11.8 Å². The molecule has 0 atom stereocenters. The van der Waals surface area contributed by atoms with Gasteiger partial charge < -0.3 is 19.9 Å². The fourth-order valence-electron chi connectivity index (χ4n) is 3.38. The number of ether oxygens (including phenoxy) is 1. The van der Waals surface area contributed by atoms with Crippen molar-refractivity contribution in [3.05, 3.63) is 64.7 Å². The number of rotatable bonds is 6. The fourth-order valence-corrected chi connectivity index (χ4v) is 3.38. The highest BCUT2D eigenvalue weighted by molar-refractivity contribution is 5.94. The summed E-state index contributed by atoms with van der Waals surface area (Å²) >= 11 is 0. The molecule has 1 heterocycles. The van der Waals surface area contributed by atoms with Crippen molar-refractivity contribution in [1.29, 1.82) is 0 Å². The van der Waals surface area contributed by atoms with Crippen LogP contribution >= 0.6 is 0 Å². The Morgan fingerprint density at radius 2 is 1.66 bits per heavy atom. The van der Waals surface area contributed by atoms with Crippen molar-refractivity contribution in [3.8, 4) is 5.75 Å². The molecule has 0 unspecified atom stereocenters. The number of methoxy groups -OCH3 is 1. The molecule has 0 aromatic heterocycles. The summed E-state index contributed by atoms with van der Waals surface area (Å²) in [6.45, 7) is 5.74. The van der Waals surface area contributed by atoms with Gasteiger partial charge >= 0.3 is 0 Å². The first-order valence-electron chi connectivity index (χ1n) is 9.93. The average Bonchev–Trinajstić information content (AvgIpc) is 2.74. The topological polar surface area (TPSA) is 61.9 Å². The summed E-state index contributed by atoms with van der Waals surface area (Å²) in [5, 5.41) is 2.94. The predicted molar refractivity (Wildman–Crippen MR) is 113 cm³/mol. The van der Waals surface area contributed by atoms with Crippen molar-refractivity contribution < 1.29 is 14.3 Å². The smallest absolute Gasteiger partial charge is 0.253 e. The zero-order valence-electron chi connectivity index (χ0n) is 17.4. The van der Waals surface area contributed by atoms with Crippen LogP contribution in [0, 0.1) is 6.92 Å². The van der Waals surface area contributed by atoms with Crippen LogP contribution in [0.1, 0.15) is 27.0 Å². The molecule has 1 N–H and O–H groups in total. The van der Waals surface area contributed by atoms with Gasteiger partial charge in [-0.25, -0.2) is 0 Å². The molecule has 2 aromatic carbocycles. The molecular weight excluding hydrogens is 366 g/mol. The van der Waals surface area contributed by atoms with E-state index < -0.39 is 0 Å². The normalized spacial score (nSPS) is 14.5. The lowest BCUT2D eigenvalue weighted by atomic mass is 10.1. The van der Waals surface area contributed by atoms with Crippen molar-refractivity contribution in [2.45, 2.75) is 19.9 Å². The molecule has 0 radical (unpaired) electrons. The molecule has 1 aliphatic rings. The van der Waals surface area contributed by atoms with E-state index in [1.165, 1.54) is 0 Å². The number of nitrogens with zero attached hydrogens (tertiary/aromatic N) is 2. The van der Waals surface area contributed by atoms with Gasteiger partial charge in [0.2, 0.25) is 5.91 Å². The number of nitrogens with one attached hydrogen (secondary N) is 1. The van der Waals surface area contributed by atoms with E-state index in [2.05, 4.69) is 17.3 Å². The molecule has 1 aliphatic heterocycles. The van der Waals surface area contributed by atoms with Crippen LogP contribution in [0.3, 0.4) is 0 Å². The minimum Gasteiger partial charge on any atom is -0.496 e. The van der Waals surface area contributed by atoms with Crippen LogP contribution in [0.15, 0.2) is 42.5 Å². The number of likely N-dealkylation sites (N-methyl/N-ethyl adjacent to an activating group) is 1. The number of amides is 2. The van der Waals surface area contributed by atoms with Gasteiger partial charge in [-0.15, -0.1) is 0 Å². The van der Waals surface area contributed by atoms with Gasteiger partial charge in [0.15, 0.2) is 0 Å². The highest BCUT2D eigenvalue weighted by atomic mass is 16.5. The second-order valence-corrected chi connectivity index (χ2v) is 7.55. The Morgan fingerprint density at radius 1 is 1.00 bits per heavy atom. The third-order valence-corrected chi connectivity index (χ3v) is 5.32. The molecule has 1 fully saturated rings. The van der Waals surface area contributed by atoms with Crippen molar-refractivity contribution in [1.82, 2.24) is 15.1 Å². The van der Waals surface area contributed by atoms with E-state index in [1.807, 2.05) is 54.3 Å². The second kappa shape index (κ2) is 9.56. The highest BCUT2D eigenvalue weighted by Crippen LogP contribution is 2.19. The van der Waals surface area contributed by atoms with E-state index in [9.17, 15) is 9.59 Å². The van der Waals surface area contributed by atoms with Crippen molar-refractivity contribution in [2.24, 2.45) is 0 Å². The molecule has 1 saturated heterocycles. The van der Waals surface area contributed by atoms with E-state index in [0.29, 0.717) is 18.5 Å². The summed E-state index contributed by atoms with van der Waals surface area (Å²) in [7, 11) is 3.70. The Kier molecular flexibility index (Phi) is 6.88. The monoisotopic (exact) mass is 395 g/mol. The molecule has 154 valence electrons. The number of hydrogen-bond donors (Lipinski definition) is 1. The number of aryl methyl sites for hydroxylation is 1. The summed E-state index contributed by atoms with van der Waals surface area (Å²) in [6.07, 6.45) is 0.302. The molecule has 6 heteroatoms. The predicted octanol–water partition coefficient (Wildman–Crippen LogP) is 2.25. The van der Waals surface area contributed by atoms with Gasteiger partial charge in [-0.3, -0.25) is 9.59 Å². The number of benzene rings is 2. The van der Waals surface area contributed by atoms with E-state index >= 15 is 0 Å². The fraction of sp³-hybridized carbons (Fsp3) is 0.391. The molecule has 2 aromatic rings. The number of piperazine rings is 1. The zero-order chi connectivity index (χ0) is 20.8. The van der Waals surface area contributed by atoms with Gasteiger partial charge in [-0.2, -0.15) is 0 Å². The summed E-state index contributed by atoms with van der Waals surface area (Å²) in [4.78, 5) is 29.0. The second-order valence-electron chi connectivity index (χ2n) is 7.55. The first-order valence-corrected chi connectivity index (χ1v) is 9.93. The SMILES string of the molecule is COc1cc(CC(=O)NCc2ccc(C(=O)N3CCN(C)CC3)cc2)ccc1C. The molecule has 6 nitrogen and oxygen atoms in total. The Morgan fingerprint density at radius 3 is 2.31 bits per heavy atom. The van der Waals surface area contributed by atoms with Gasteiger partial charge in [0.25, 0.3) is 5.91 Å². The summed E-state index contributed by atoms with van der Waals surface area (Å²) in [5.41, 5.74) is 3.62. The third kappa shape index (κ3) is 5.57. The molecule has 0 spiro atoms. The van der Waals surface area contributed by atoms with Gasteiger partial charge in [0.05, 0.1) is 13.5 Å². The molecule has 0 bridgehead atoms. The lowest BCUT2D eigenvalue weighted by Crippen LogP contribution is -2.47. The number of carbonyl (C=O) groups excluding carboxylic acids is 2. The van der Waals surface area contributed by atoms with E-state index in [4.69, 9.17) is 4.74 Å². The zero-order valence-corrected chi connectivity index (χ0v) is 17.4. The molecule has 29 heavy (non-hydrogen) atoms. The Bertz CT molecular complexity index is 856. The minimum atomic E-state index is -0.0477. The van der Waals surface area contributed by atoms with Gasteiger partial charge in [0.1, 0.15) is 5.75 Å². The average molecular weight is 396 g/mol. The van der Waals surface area contributed by atoms with Gasteiger partial charge in [0, 0.05) is 38.3 Å².